The van der Waals surface area contributed by atoms with Crippen molar-refractivity contribution in [3.8, 4) is 5.75 Å². The number of benzene rings is 3. The third kappa shape index (κ3) is 2.91. The molecule has 4 nitrogen and oxygen atoms in total. The van der Waals surface area contributed by atoms with Crippen LogP contribution in [-0.4, -0.2) is 13.5 Å². The molecule has 3 aromatic rings. The Morgan fingerprint density at radius 1 is 0.696 bits per heavy atom. The van der Waals surface area contributed by atoms with Gasteiger partial charge in [-0.3, -0.25) is 0 Å². The Bertz CT molecular complexity index is 894. The first-order chi connectivity index (χ1) is 11.1. The smallest absolute Gasteiger partial charge is 0.268 e. The van der Waals surface area contributed by atoms with Crippen LogP contribution in [0.25, 0.3) is 0 Å². The van der Waals surface area contributed by atoms with Crippen molar-refractivity contribution in [1.82, 2.24) is 0 Å². The van der Waals surface area contributed by atoms with Crippen LogP contribution in [0.4, 0.5) is 11.4 Å². The summed E-state index contributed by atoms with van der Waals surface area (Å²) in [7, 11) is -3.86. The quantitative estimate of drug-likeness (QED) is 0.791. The second kappa shape index (κ2) is 6.14. The molecule has 116 valence electrons. The van der Waals surface area contributed by atoms with Crippen molar-refractivity contribution in [3.63, 3.8) is 0 Å². The van der Waals surface area contributed by atoms with Gasteiger partial charge in [0.2, 0.25) is 0 Å². The van der Waals surface area contributed by atoms with Crippen LogP contribution in [0.5, 0.6) is 5.75 Å². The molecule has 0 heterocycles. The van der Waals surface area contributed by atoms with Gasteiger partial charge in [0.15, 0.2) is 0 Å². The third-order valence-corrected chi connectivity index (χ3v) is 5.13. The van der Waals surface area contributed by atoms with Crippen molar-refractivity contribution in [2.45, 2.75) is 4.90 Å². The molecule has 5 heteroatoms. The van der Waals surface area contributed by atoms with Crippen LogP contribution in [0.3, 0.4) is 0 Å². The van der Waals surface area contributed by atoms with E-state index in [1.807, 2.05) is 6.07 Å². The lowest BCUT2D eigenvalue weighted by Crippen LogP contribution is -2.26. The lowest BCUT2D eigenvalue weighted by atomic mass is 10.2. The molecule has 1 N–H and O–H groups in total. The third-order valence-electron chi connectivity index (χ3n) is 3.37. The van der Waals surface area contributed by atoms with Gasteiger partial charge >= 0.3 is 0 Å². The fourth-order valence-corrected chi connectivity index (χ4v) is 3.83. The Kier molecular flexibility index (Phi) is 4.04. The largest absolute Gasteiger partial charge is 0.506 e. The van der Waals surface area contributed by atoms with Crippen LogP contribution in [0, 0.1) is 0 Å². The molecule has 0 aromatic heterocycles. The van der Waals surface area contributed by atoms with Crippen LogP contribution >= 0.6 is 0 Å². The molecule has 0 atom stereocenters. The topological polar surface area (TPSA) is 57.6 Å². The first-order valence-electron chi connectivity index (χ1n) is 7.04. The summed E-state index contributed by atoms with van der Waals surface area (Å²) in [6.45, 7) is 0. The van der Waals surface area contributed by atoms with E-state index >= 15 is 0 Å². The van der Waals surface area contributed by atoms with Gasteiger partial charge in [0.05, 0.1) is 16.3 Å². The number of phenols is 1. The Morgan fingerprint density at radius 3 is 1.83 bits per heavy atom. The maximum absolute atomic E-state index is 13.1. The van der Waals surface area contributed by atoms with Gasteiger partial charge in [-0.05, 0) is 36.4 Å². The van der Waals surface area contributed by atoms with Crippen LogP contribution in [0.1, 0.15) is 0 Å². The molecule has 0 saturated carbocycles. The zero-order chi connectivity index (χ0) is 16.3. The van der Waals surface area contributed by atoms with E-state index < -0.39 is 10.0 Å². The van der Waals surface area contributed by atoms with E-state index in [1.54, 1.807) is 60.7 Å². The number of nitrogens with zero attached hydrogens (tertiary/aromatic N) is 1. The van der Waals surface area contributed by atoms with E-state index in [0.29, 0.717) is 5.69 Å². The molecule has 0 saturated heterocycles. The second-order valence-electron chi connectivity index (χ2n) is 4.91. The van der Waals surface area contributed by atoms with Crippen molar-refractivity contribution < 1.29 is 13.5 Å². The van der Waals surface area contributed by atoms with E-state index in [2.05, 4.69) is 0 Å². The first kappa shape index (κ1) is 15.1. The molecule has 3 aromatic carbocycles. The molecule has 0 spiro atoms. The maximum Gasteiger partial charge on any atom is 0.268 e. The van der Waals surface area contributed by atoms with E-state index in [4.69, 9.17) is 0 Å². The van der Waals surface area contributed by atoms with Gasteiger partial charge in [0.25, 0.3) is 10.0 Å². The monoisotopic (exact) mass is 325 g/mol. The molecule has 0 amide bonds. The number of sulfonamides is 1. The minimum atomic E-state index is -3.86. The van der Waals surface area contributed by atoms with Crippen molar-refractivity contribution in [2.75, 3.05) is 4.31 Å². The van der Waals surface area contributed by atoms with Crippen LogP contribution in [-0.2, 0) is 10.0 Å². The van der Waals surface area contributed by atoms with Gasteiger partial charge in [-0.25, -0.2) is 12.7 Å². The predicted octanol–water partition coefficient (Wildman–Crippen LogP) is 3.92. The molecule has 0 fully saturated rings. The van der Waals surface area contributed by atoms with Crippen molar-refractivity contribution >= 4 is 21.4 Å². The number of phenolic OH excluding ortho intramolecular Hbond substituents is 1. The molecule has 0 radical (unpaired) electrons. The SMILES string of the molecule is O=S(=O)(c1ccccc1)N(c1ccccc1)c1ccccc1O. The summed E-state index contributed by atoms with van der Waals surface area (Å²) in [5.41, 5.74) is 0.667. The standard InChI is InChI=1S/C18H15NO3S/c20-18-14-8-7-13-17(18)19(15-9-3-1-4-10-15)23(21,22)16-11-5-2-6-12-16/h1-14,20H. The Labute approximate surface area is 135 Å². The lowest BCUT2D eigenvalue weighted by Gasteiger charge is -2.25. The van der Waals surface area contributed by atoms with Crippen molar-refractivity contribution in [1.29, 1.82) is 0 Å². The summed E-state index contributed by atoms with van der Waals surface area (Å²) in [4.78, 5) is 0.159. The van der Waals surface area contributed by atoms with E-state index in [-0.39, 0.29) is 16.3 Å². The van der Waals surface area contributed by atoms with Gasteiger partial charge < -0.3 is 5.11 Å². The average Bonchev–Trinajstić information content (AvgIpc) is 2.58. The first-order valence-corrected chi connectivity index (χ1v) is 8.48. The molecule has 0 aliphatic heterocycles. The highest BCUT2D eigenvalue weighted by Gasteiger charge is 2.28. The minimum absolute atomic E-state index is 0.101. The highest BCUT2D eigenvalue weighted by atomic mass is 32.2. The van der Waals surface area contributed by atoms with Crippen molar-refractivity contribution in [3.05, 3.63) is 84.9 Å². The highest BCUT2D eigenvalue weighted by Crippen LogP contribution is 2.37. The summed E-state index contributed by atoms with van der Waals surface area (Å²) < 4.78 is 27.4. The molecule has 0 aliphatic rings. The van der Waals surface area contributed by atoms with E-state index in [0.717, 1.165) is 4.31 Å². The summed E-state index contributed by atoms with van der Waals surface area (Å²) in [5.74, 6) is -0.101. The molecule has 0 aliphatic carbocycles. The lowest BCUT2D eigenvalue weighted by molar-refractivity contribution is 0.476. The normalized spacial score (nSPS) is 11.1. The molecule has 23 heavy (non-hydrogen) atoms. The number of hydrogen-bond donors (Lipinski definition) is 1. The van der Waals surface area contributed by atoms with Crippen LogP contribution in [0.2, 0.25) is 0 Å². The Morgan fingerprint density at radius 2 is 1.22 bits per heavy atom. The second-order valence-corrected chi connectivity index (χ2v) is 6.69. The summed E-state index contributed by atoms with van der Waals surface area (Å²) in [6, 6.07) is 23.2. The fraction of sp³-hybridized carbons (Fsp3) is 0. The highest BCUT2D eigenvalue weighted by molar-refractivity contribution is 7.93. The van der Waals surface area contributed by atoms with Gasteiger partial charge in [-0.1, -0.05) is 48.5 Å². The number of para-hydroxylation sites is 3. The summed E-state index contributed by atoms with van der Waals surface area (Å²) in [6.07, 6.45) is 0. The summed E-state index contributed by atoms with van der Waals surface area (Å²) >= 11 is 0. The van der Waals surface area contributed by atoms with Gasteiger partial charge in [0.1, 0.15) is 5.75 Å². The Balaban J connectivity index is 2.24. The molecule has 0 unspecified atom stereocenters. The van der Waals surface area contributed by atoms with E-state index in [1.165, 1.54) is 18.2 Å². The molecular weight excluding hydrogens is 310 g/mol. The zero-order valence-corrected chi connectivity index (χ0v) is 13.0. The number of rotatable bonds is 4. The summed E-state index contributed by atoms with van der Waals surface area (Å²) in [5, 5.41) is 10.1. The Hall–Kier alpha value is -2.79. The number of anilines is 2. The van der Waals surface area contributed by atoms with Gasteiger partial charge in [0, 0.05) is 0 Å². The fourth-order valence-electron chi connectivity index (χ4n) is 2.30. The van der Waals surface area contributed by atoms with E-state index in [9.17, 15) is 13.5 Å². The molecule has 0 bridgehead atoms. The minimum Gasteiger partial charge on any atom is -0.506 e. The molecular formula is C18H15NO3S. The molecule has 3 rings (SSSR count). The predicted molar refractivity (Wildman–Crippen MR) is 90.3 cm³/mol. The zero-order valence-electron chi connectivity index (χ0n) is 12.2. The number of hydrogen-bond acceptors (Lipinski definition) is 3. The van der Waals surface area contributed by atoms with Crippen molar-refractivity contribution in [2.24, 2.45) is 0 Å². The van der Waals surface area contributed by atoms with Gasteiger partial charge in [-0.2, -0.15) is 0 Å². The average molecular weight is 325 g/mol. The van der Waals surface area contributed by atoms with Crippen LogP contribution in [0.15, 0.2) is 89.8 Å². The maximum atomic E-state index is 13.1. The number of aromatic hydroxyl groups is 1. The van der Waals surface area contributed by atoms with Crippen LogP contribution < -0.4 is 4.31 Å². The van der Waals surface area contributed by atoms with Gasteiger partial charge in [-0.15, -0.1) is 0 Å².